The van der Waals surface area contributed by atoms with Gasteiger partial charge in [-0.1, -0.05) is 60.7 Å². The summed E-state index contributed by atoms with van der Waals surface area (Å²) in [6.07, 6.45) is -1.27. The third kappa shape index (κ3) is 10.8. The molecule has 47 heavy (non-hydrogen) atoms. The van der Waals surface area contributed by atoms with E-state index in [0.717, 1.165) is 20.9 Å². The van der Waals surface area contributed by atoms with Gasteiger partial charge in [-0.3, -0.25) is 4.79 Å². The number of likely N-dealkylation sites (tertiary alicyclic amines) is 1. The number of likely N-dealkylation sites (N-methyl/N-ethyl adjacent to an activating group) is 1. The number of hydrogen-bond acceptors (Lipinski definition) is 10. The number of benzene rings is 2. The van der Waals surface area contributed by atoms with Crippen molar-refractivity contribution in [3.63, 3.8) is 0 Å². The van der Waals surface area contributed by atoms with Gasteiger partial charge in [0.05, 0.1) is 6.54 Å². The monoisotopic (exact) mass is 653 g/mol. The molecule has 0 bridgehead atoms. The lowest BCUT2D eigenvalue weighted by atomic mass is 10.2. The second-order valence-electron chi connectivity index (χ2n) is 13.0. The average molecular weight is 654 g/mol. The van der Waals surface area contributed by atoms with Crippen molar-refractivity contribution in [3.05, 3.63) is 71.8 Å². The van der Waals surface area contributed by atoms with Crippen LogP contribution in [0.4, 0.5) is 14.4 Å². The van der Waals surface area contributed by atoms with E-state index in [1.807, 2.05) is 60.7 Å². The molecule has 2 aromatic rings. The van der Waals surface area contributed by atoms with Crippen LogP contribution in [0.2, 0.25) is 0 Å². The van der Waals surface area contributed by atoms with Gasteiger partial charge >= 0.3 is 30.2 Å². The summed E-state index contributed by atoms with van der Waals surface area (Å²) in [6.45, 7) is 10.4. The van der Waals surface area contributed by atoms with E-state index in [1.165, 1.54) is 11.9 Å². The summed E-state index contributed by atoms with van der Waals surface area (Å²) in [6, 6.07) is 15.9. The molecular formula is C34H43N3O10. The van der Waals surface area contributed by atoms with Crippen molar-refractivity contribution in [2.75, 3.05) is 13.6 Å². The van der Waals surface area contributed by atoms with E-state index in [2.05, 4.69) is 0 Å². The van der Waals surface area contributed by atoms with E-state index in [4.69, 9.17) is 18.9 Å². The van der Waals surface area contributed by atoms with Gasteiger partial charge in [0.25, 0.3) is 0 Å². The molecule has 2 aliphatic heterocycles. The Balaban J connectivity index is 0.000000256. The molecule has 0 saturated carbocycles. The lowest BCUT2D eigenvalue weighted by molar-refractivity contribution is -0.152. The van der Waals surface area contributed by atoms with Crippen LogP contribution >= 0.6 is 0 Å². The molecule has 0 spiro atoms. The first kappa shape index (κ1) is 36.5. The summed E-state index contributed by atoms with van der Waals surface area (Å²) in [5.41, 5.74) is 0.163. The quantitative estimate of drug-likeness (QED) is 0.306. The van der Waals surface area contributed by atoms with E-state index in [-0.39, 0.29) is 32.6 Å². The van der Waals surface area contributed by atoms with Crippen LogP contribution in [0.25, 0.3) is 0 Å². The minimum Gasteiger partial charge on any atom is -0.459 e. The average Bonchev–Trinajstić information content (AvgIpc) is 3.53. The van der Waals surface area contributed by atoms with Crippen molar-refractivity contribution in [2.45, 2.75) is 90.9 Å². The van der Waals surface area contributed by atoms with E-state index in [1.54, 1.807) is 41.5 Å². The Bertz CT molecular complexity index is 1430. The maximum atomic E-state index is 12.3. The highest BCUT2D eigenvalue weighted by Gasteiger charge is 2.46. The zero-order valence-corrected chi connectivity index (χ0v) is 27.9. The Kier molecular flexibility index (Phi) is 12.1. The Labute approximate surface area is 274 Å². The van der Waals surface area contributed by atoms with Crippen LogP contribution < -0.4 is 0 Å². The maximum absolute atomic E-state index is 12.3. The number of esters is 2. The third-order valence-electron chi connectivity index (χ3n) is 6.68. The predicted molar refractivity (Wildman–Crippen MR) is 168 cm³/mol. The van der Waals surface area contributed by atoms with Gasteiger partial charge in [-0.15, -0.1) is 0 Å². The number of ether oxygens (including phenoxy) is 4. The van der Waals surface area contributed by atoms with E-state index >= 15 is 0 Å². The first-order valence-corrected chi connectivity index (χ1v) is 15.2. The lowest BCUT2D eigenvalue weighted by Crippen LogP contribution is -2.46. The van der Waals surface area contributed by atoms with Crippen molar-refractivity contribution >= 4 is 36.1 Å². The first-order valence-electron chi connectivity index (χ1n) is 15.2. The number of rotatable bonds is 6. The van der Waals surface area contributed by atoms with Crippen molar-refractivity contribution in [3.8, 4) is 0 Å². The van der Waals surface area contributed by atoms with Crippen molar-refractivity contribution in [1.29, 1.82) is 0 Å². The van der Waals surface area contributed by atoms with E-state index < -0.39 is 59.3 Å². The molecule has 4 rings (SSSR count). The van der Waals surface area contributed by atoms with Crippen LogP contribution in [-0.4, -0.2) is 87.6 Å². The molecule has 2 atom stereocenters. The summed E-state index contributed by atoms with van der Waals surface area (Å²) in [4.78, 5) is 76.0. The van der Waals surface area contributed by atoms with Gasteiger partial charge in [-0.2, -0.15) is 0 Å². The van der Waals surface area contributed by atoms with Crippen LogP contribution in [-0.2, 0) is 46.5 Å². The second-order valence-corrected chi connectivity index (χ2v) is 13.0. The fourth-order valence-corrected chi connectivity index (χ4v) is 4.53. The summed E-state index contributed by atoms with van der Waals surface area (Å²) in [5, 5.41) is 0. The van der Waals surface area contributed by atoms with Crippen molar-refractivity contribution in [1.82, 2.24) is 14.7 Å². The molecular weight excluding hydrogens is 610 g/mol. The number of carbonyl (C=O) groups excluding carboxylic acids is 6. The molecule has 2 aliphatic rings. The smallest absolute Gasteiger partial charge is 0.419 e. The highest BCUT2D eigenvalue weighted by Crippen LogP contribution is 2.24. The number of carbonyl (C=O) groups is 6. The van der Waals surface area contributed by atoms with E-state index in [9.17, 15) is 28.8 Å². The standard InChI is InChI=1S/C17H22N2O5.C17H21NO5/c1-17(2,3)24-16(22)19-13(10-18(4)15(19)21)14(20)23-11-12-8-6-5-7-9-12;1-17(2,3)23-16(21)18-13(9-10-14(18)19)15(20)22-11-12-7-5-4-6-8-12/h5-9,13H,10-11H2,1-4H3;4-8,13H,9-11H2,1-3H3/t2*13-/m11/s1. The molecule has 2 saturated heterocycles. The molecule has 0 aliphatic carbocycles. The Morgan fingerprint density at radius 3 is 1.55 bits per heavy atom. The van der Waals surface area contributed by atoms with Crippen LogP contribution in [0.1, 0.15) is 65.5 Å². The summed E-state index contributed by atoms with van der Waals surface area (Å²) in [7, 11) is 1.52. The zero-order valence-electron chi connectivity index (χ0n) is 27.9. The molecule has 13 nitrogen and oxygen atoms in total. The number of amides is 5. The molecule has 0 N–H and O–H groups in total. The van der Waals surface area contributed by atoms with Crippen molar-refractivity contribution in [2.24, 2.45) is 0 Å². The van der Waals surface area contributed by atoms with Crippen LogP contribution in [0.5, 0.6) is 0 Å². The van der Waals surface area contributed by atoms with Crippen LogP contribution in [0.15, 0.2) is 60.7 Å². The minimum absolute atomic E-state index is 0.0751. The van der Waals surface area contributed by atoms with Gasteiger partial charge in [-0.05, 0) is 59.1 Å². The zero-order chi connectivity index (χ0) is 34.9. The third-order valence-corrected chi connectivity index (χ3v) is 6.68. The molecule has 254 valence electrons. The number of imide groups is 2. The predicted octanol–water partition coefficient (Wildman–Crippen LogP) is 5.06. The molecule has 2 fully saturated rings. The molecule has 0 aromatic heterocycles. The highest BCUT2D eigenvalue weighted by atomic mass is 16.6. The van der Waals surface area contributed by atoms with E-state index in [0.29, 0.717) is 0 Å². The normalized spacial score (nSPS) is 17.9. The SMILES string of the molecule is CC(C)(C)OC(=O)N1C(=O)CC[C@@H]1C(=O)OCc1ccccc1.CN1C[C@H](C(=O)OCc2ccccc2)N(C(=O)OC(C)(C)C)C1=O. The molecule has 2 aromatic carbocycles. The summed E-state index contributed by atoms with van der Waals surface area (Å²) >= 11 is 0. The first-order chi connectivity index (χ1) is 22.0. The topological polar surface area (TPSA) is 149 Å². The van der Waals surface area contributed by atoms with Gasteiger partial charge in [0.15, 0.2) is 6.04 Å². The Morgan fingerprint density at radius 2 is 1.11 bits per heavy atom. The van der Waals surface area contributed by atoms with Crippen molar-refractivity contribution < 1.29 is 47.7 Å². The van der Waals surface area contributed by atoms with Crippen LogP contribution in [0, 0.1) is 0 Å². The summed E-state index contributed by atoms with van der Waals surface area (Å²) < 4.78 is 20.9. The van der Waals surface area contributed by atoms with Gasteiger partial charge in [0.1, 0.15) is 30.5 Å². The fraction of sp³-hybridized carbons (Fsp3) is 0.471. The molecule has 0 radical (unpaired) electrons. The lowest BCUT2D eigenvalue weighted by Gasteiger charge is -2.26. The fourth-order valence-electron chi connectivity index (χ4n) is 4.53. The van der Waals surface area contributed by atoms with Gasteiger partial charge in [0, 0.05) is 13.5 Å². The molecule has 5 amide bonds. The summed E-state index contributed by atoms with van der Waals surface area (Å²) in [5.74, 6) is -1.64. The number of nitrogens with zero attached hydrogens (tertiary/aromatic N) is 3. The molecule has 2 heterocycles. The Morgan fingerprint density at radius 1 is 0.681 bits per heavy atom. The second kappa shape index (κ2) is 15.6. The minimum atomic E-state index is -1.01. The number of hydrogen-bond donors (Lipinski definition) is 0. The number of urea groups is 1. The largest absolute Gasteiger partial charge is 0.459 e. The highest BCUT2D eigenvalue weighted by molar-refractivity contribution is 6.00. The maximum Gasteiger partial charge on any atom is 0.419 e. The van der Waals surface area contributed by atoms with Gasteiger partial charge in [0.2, 0.25) is 5.91 Å². The molecule has 0 unspecified atom stereocenters. The van der Waals surface area contributed by atoms with Gasteiger partial charge < -0.3 is 23.8 Å². The Hall–Kier alpha value is -4.94. The van der Waals surface area contributed by atoms with Gasteiger partial charge in [-0.25, -0.2) is 33.8 Å². The molecule has 13 heteroatoms. The van der Waals surface area contributed by atoms with Crippen LogP contribution in [0.3, 0.4) is 0 Å².